The number of thioether (sulfide) groups is 1. The zero-order chi connectivity index (χ0) is 23.4. The smallest absolute Gasteiger partial charge is 0.325 e. The van der Waals surface area contributed by atoms with E-state index in [0.29, 0.717) is 5.03 Å². The second-order valence-corrected chi connectivity index (χ2v) is 10.5. The van der Waals surface area contributed by atoms with Crippen LogP contribution in [0.1, 0.15) is 37.7 Å². The monoisotopic (exact) mass is 487 g/mol. The summed E-state index contributed by atoms with van der Waals surface area (Å²) in [6.45, 7) is 0. The number of hydrogen-bond acceptors (Lipinski definition) is 5. The molecule has 1 aromatic heterocycles. The van der Waals surface area contributed by atoms with Gasteiger partial charge in [-0.2, -0.15) is 17.5 Å². The highest BCUT2D eigenvalue weighted by molar-refractivity contribution is 7.99. The topological polar surface area (TPSA) is 79.4 Å². The van der Waals surface area contributed by atoms with E-state index in [1.54, 1.807) is 7.05 Å². The summed E-state index contributed by atoms with van der Waals surface area (Å²) in [4.78, 5) is 16.3. The van der Waals surface area contributed by atoms with E-state index in [1.165, 1.54) is 40.8 Å². The quantitative estimate of drug-likeness (QED) is 0.569. The first-order valence-corrected chi connectivity index (χ1v) is 12.5. The van der Waals surface area contributed by atoms with E-state index in [9.17, 15) is 26.4 Å². The summed E-state index contributed by atoms with van der Waals surface area (Å²) in [5, 5.41) is 2.66. The van der Waals surface area contributed by atoms with Crippen LogP contribution in [0.3, 0.4) is 0 Å². The maximum absolute atomic E-state index is 13.0. The Bertz CT molecular complexity index is 1040. The van der Waals surface area contributed by atoms with Crippen molar-refractivity contribution >= 4 is 33.4 Å². The van der Waals surface area contributed by atoms with Crippen LogP contribution in [0.15, 0.2) is 52.5 Å². The third-order valence-corrected chi connectivity index (χ3v) is 8.17. The Balaban J connectivity index is 1.60. The van der Waals surface area contributed by atoms with Gasteiger partial charge in [-0.3, -0.25) is 4.79 Å². The van der Waals surface area contributed by atoms with Gasteiger partial charge >= 0.3 is 6.18 Å². The van der Waals surface area contributed by atoms with Gasteiger partial charge in [0.15, 0.2) is 0 Å². The Morgan fingerprint density at radius 2 is 1.84 bits per heavy atom. The molecule has 1 heterocycles. The van der Waals surface area contributed by atoms with Gasteiger partial charge in [0, 0.05) is 19.3 Å². The number of pyridine rings is 1. The Hall–Kier alpha value is -2.11. The summed E-state index contributed by atoms with van der Waals surface area (Å²) >= 11 is 1.00. The maximum atomic E-state index is 13.0. The van der Waals surface area contributed by atoms with Crippen molar-refractivity contribution in [2.24, 2.45) is 0 Å². The Morgan fingerprint density at radius 1 is 1.16 bits per heavy atom. The lowest BCUT2D eigenvalue weighted by Crippen LogP contribution is -2.38. The molecule has 1 aromatic carbocycles. The van der Waals surface area contributed by atoms with Gasteiger partial charge in [-0.15, -0.1) is 0 Å². The van der Waals surface area contributed by atoms with Crippen molar-refractivity contribution in [2.75, 3.05) is 18.1 Å². The summed E-state index contributed by atoms with van der Waals surface area (Å²) in [5.41, 5.74) is -1.24. The van der Waals surface area contributed by atoms with Crippen molar-refractivity contribution in [3.8, 4) is 0 Å². The highest BCUT2D eigenvalue weighted by atomic mass is 32.2. The molecular formula is C21H24F3N3O3S2. The van der Waals surface area contributed by atoms with E-state index in [-0.39, 0.29) is 22.4 Å². The number of benzene rings is 1. The normalized spacial score (nSPS) is 15.7. The number of carbonyl (C=O) groups is 1. The van der Waals surface area contributed by atoms with E-state index < -0.39 is 27.7 Å². The Kier molecular flexibility index (Phi) is 7.84. The van der Waals surface area contributed by atoms with Gasteiger partial charge < -0.3 is 5.32 Å². The van der Waals surface area contributed by atoms with Crippen LogP contribution in [0.5, 0.6) is 0 Å². The molecule has 0 unspecified atom stereocenters. The number of nitrogens with one attached hydrogen (secondary N) is 1. The van der Waals surface area contributed by atoms with Gasteiger partial charge in [-0.05, 0) is 37.1 Å². The second kappa shape index (κ2) is 10.2. The fourth-order valence-electron chi connectivity index (χ4n) is 3.58. The number of alkyl halides is 3. The Morgan fingerprint density at radius 3 is 2.47 bits per heavy atom. The minimum Gasteiger partial charge on any atom is -0.325 e. The largest absolute Gasteiger partial charge is 0.418 e. The molecule has 0 aliphatic heterocycles. The van der Waals surface area contributed by atoms with E-state index >= 15 is 0 Å². The molecule has 1 amide bonds. The molecule has 1 fully saturated rings. The van der Waals surface area contributed by atoms with Crippen molar-refractivity contribution in [3.05, 3.63) is 48.2 Å². The number of carbonyl (C=O) groups excluding carboxylic acids is 1. The molecule has 2 aromatic rings. The molecule has 174 valence electrons. The van der Waals surface area contributed by atoms with Crippen LogP contribution in [-0.4, -0.2) is 42.5 Å². The van der Waals surface area contributed by atoms with Gasteiger partial charge in [0.25, 0.3) is 0 Å². The van der Waals surface area contributed by atoms with Gasteiger partial charge in [0.2, 0.25) is 15.9 Å². The molecule has 1 aliphatic rings. The van der Waals surface area contributed by atoms with Crippen LogP contribution in [0.2, 0.25) is 0 Å². The number of amides is 1. The number of para-hydroxylation sites is 1. The SMILES string of the molecule is CN(C1CCCCC1)S(=O)(=O)c1ccc(SCC(=O)Nc2ccccc2C(F)(F)F)nc1. The fourth-order valence-corrected chi connectivity index (χ4v) is 5.58. The first-order chi connectivity index (χ1) is 15.1. The van der Waals surface area contributed by atoms with E-state index in [0.717, 1.165) is 49.9 Å². The lowest BCUT2D eigenvalue weighted by Gasteiger charge is -2.30. The molecule has 6 nitrogen and oxygen atoms in total. The fraction of sp³-hybridized carbons (Fsp3) is 0.429. The Labute approximate surface area is 189 Å². The summed E-state index contributed by atoms with van der Waals surface area (Å²) in [6.07, 6.45) is 1.47. The second-order valence-electron chi connectivity index (χ2n) is 7.53. The predicted molar refractivity (Wildman–Crippen MR) is 117 cm³/mol. The number of aromatic nitrogens is 1. The molecule has 3 rings (SSSR count). The number of rotatable bonds is 7. The van der Waals surface area contributed by atoms with Crippen LogP contribution >= 0.6 is 11.8 Å². The van der Waals surface area contributed by atoms with Crippen molar-refractivity contribution < 1.29 is 26.4 Å². The zero-order valence-electron chi connectivity index (χ0n) is 17.4. The lowest BCUT2D eigenvalue weighted by molar-refractivity contribution is -0.137. The number of hydrogen-bond donors (Lipinski definition) is 1. The predicted octanol–water partition coefficient (Wildman–Crippen LogP) is 4.78. The van der Waals surface area contributed by atoms with Gasteiger partial charge in [0.1, 0.15) is 4.90 Å². The number of nitrogens with zero attached hydrogens (tertiary/aromatic N) is 2. The summed E-state index contributed by atoms with van der Waals surface area (Å²) < 4.78 is 66.2. The number of halogens is 3. The van der Waals surface area contributed by atoms with E-state index in [4.69, 9.17) is 0 Å². The molecule has 0 atom stereocenters. The number of anilines is 1. The summed E-state index contributed by atoms with van der Waals surface area (Å²) in [7, 11) is -2.09. The van der Waals surface area contributed by atoms with Gasteiger partial charge in [-0.1, -0.05) is 43.2 Å². The van der Waals surface area contributed by atoms with Crippen molar-refractivity contribution in [1.82, 2.24) is 9.29 Å². The van der Waals surface area contributed by atoms with E-state index in [1.807, 2.05) is 0 Å². The lowest BCUT2D eigenvalue weighted by atomic mass is 9.96. The average molecular weight is 488 g/mol. The third kappa shape index (κ3) is 6.02. The van der Waals surface area contributed by atoms with Crippen LogP contribution in [0.25, 0.3) is 0 Å². The molecule has 11 heteroatoms. The molecule has 32 heavy (non-hydrogen) atoms. The van der Waals surface area contributed by atoms with E-state index in [2.05, 4.69) is 10.3 Å². The van der Waals surface area contributed by atoms with Crippen molar-refractivity contribution in [3.63, 3.8) is 0 Å². The third-order valence-electron chi connectivity index (χ3n) is 5.33. The molecule has 1 aliphatic carbocycles. The van der Waals surface area contributed by atoms with Crippen LogP contribution in [-0.2, 0) is 21.0 Å². The minimum atomic E-state index is -4.58. The number of sulfonamides is 1. The first-order valence-electron chi connectivity index (χ1n) is 10.1. The molecule has 1 N–H and O–H groups in total. The van der Waals surface area contributed by atoms with Crippen molar-refractivity contribution in [1.29, 1.82) is 0 Å². The van der Waals surface area contributed by atoms with Crippen LogP contribution in [0, 0.1) is 0 Å². The molecule has 0 radical (unpaired) electrons. The zero-order valence-corrected chi connectivity index (χ0v) is 19.1. The first kappa shape index (κ1) is 24.5. The summed E-state index contributed by atoms with van der Waals surface area (Å²) in [5.74, 6) is -0.796. The average Bonchev–Trinajstić information content (AvgIpc) is 2.77. The van der Waals surface area contributed by atoms with Crippen molar-refractivity contribution in [2.45, 2.75) is 54.2 Å². The minimum absolute atomic E-state index is 0.0222. The molecule has 0 bridgehead atoms. The molecule has 0 spiro atoms. The molecule has 1 saturated carbocycles. The summed E-state index contributed by atoms with van der Waals surface area (Å²) in [6, 6.07) is 7.64. The van der Waals surface area contributed by atoms with Crippen LogP contribution in [0.4, 0.5) is 18.9 Å². The van der Waals surface area contributed by atoms with Gasteiger partial charge in [0.05, 0.1) is 22.0 Å². The highest BCUT2D eigenvalue weighted by Gasteiger charge is 2.33. The van der Waals surface area contributed by atoms with Gasteiger partial charge in [-0.25, -0.2) is 13.4 Å². The standard InChI is InChI=1S/C21H24F3N3O3S2/c1-27(15-7-3-2-4-8-15)32(29,30)16-11-12-20(25-13-16)31-14-19(28)26-18-10-6-5-9-17(18)21(22,23)24/h5-6,9-13,15H,2-4,7-8,14H2,1H3,(H,26,28). The highest BCUT2D eigenvalue weighted by Crippen LogP contribution is 2.34. The van der Waals surface area contributed by atoms with Crippen LogP contribution < -0.4 is 5.32 Å². The molecule has 0 saturated heterocycles. The maximum Gasteiger partial charge on any atom is 0.418 e. The molecular weight excluding hydrogens is 463 g/mol.